The van der Waals surface area contributed by atoms with Gasteiger partial charge in [0.25, 0.3) is 0 Å². The maximum atomic E-state index is 11.1. The monoisotopic (exact) mass is 317 g/mol. The molecule has 0 radical (unpaired) electrons. The molecule has 4 heteroatoms. The Morgan fingerprint density at radius 3 is 1.91 bits per heavy atom. The average molecular weight is 318 g/mol. The summed E-state index contributed by atoms with van der Waals surface area (Å²) in [5.41, 5.74) is -0.405. The Morgan fingerprint density at radius 2 is 1.55 bits per heavy atom. The second-order valence-corrected chi connectivity index (χ2v) is 6.95. The van der Waals surface area contributed by atoms with Gasteiger partial charge in [-0.3, -0.25) is 4.79 Å². The summed E-state index contributed by atoms with van der Waals surface area (Å²) in [5.74, 6) is -0.238. The number of esters is 1. The van der Waals surface area contributed by atoms with Gasteiger partial charge in [0, 0.05) is 12.1 Å². The van der Waals surface area contributed by atoms with Gasteiger partial charge in [-0.2, -0.15) is 0 Å². The Labute approximate surface area is 138 Å². The number of nitrogens with one attached hydrogen (secondary N) is 1. The normalized spacial score (nSPS) is 11.6. The highest BCUT2D eigenvalue weighted by Gasteiger charge is 2.24. The van der Waals surface area contributed by atoms with E-state index in [1.54, 1.807) is 0 Å². The molecule has 0 fully saturated rings. The van der Waals surface area contributed by atoms with Crippen molar-refractivity contribution in [2.24, 2.45) is 0 Å². The molecular weight excluding hydrogens is 278 g/mol. The van der Waals surface area contributed by atoms with Crippen LogP contribution < -0.4 is 5.32 Å². The van der Waals surface area contributed by atoms with E-state index in [1.165, 1.54) is 32.8 Å². The summed E-state index contributed by atoms with van der Waals surface area (Å²) in [6, 6.07) is 0. The Morgan fingerprint density at radius 1 is 1.05 bits per heavy atom. The van der Waals surface area contributed by atoms with E-state index in [4.69, 9.17) is 4.74 Å². The maximum Gasteiger partial charge on any atom is 0.308 e. The van der Waals surface area contributed by atoms with Crippen molar-refractivity contribution in [2.45, 2.75) is 91.2 Å². The molecule has 0 amide bonds. The summed E-state index contributed by atoms with van der Waals surface area (Å²) in [5, 5.41) is 3.21. The first-order valence-electron chi connectivity index (χ1n) is 8.53. The van der Waals surface area contributed by atoms with Crippen LogP contribution in [0.3, 0.4) is 0 Å². The number of rotatable bonds is 10. The molecule has 0 saturated carbocycles. The van der Waals surface area contributed by atoms with Gasteiger partial charge < -0.3 is 14.8 Å². The van der Waals surface area contributed by atoms with Crippen LogP contribution >= 0.6 is 0 Å². The highest BCUT2D eigenvalue weighted by molar-refractivity contribution is 5.70. The summed E-state index contributed by atoms with van der Waals surface area (Å²) in [7, 11) is 3.32. The van der Waals surface area contributed by atoms with Gasteiger partial charge in [0.15, 0.2) is 0 Å². The van der Waals surface area contributed by atoms with Crippen molar-refractivity contribution in [2.75, 3.05) is 20.8 Å². The fourth-order valence-electron chi connectivity index (χ4n) is 1.68. The minimum Gasteiger partial charge on any atom is -0.469 e. The first-order chi connectivity index (χ1) is 10.1. The Bertz CT molecular complexity index is 272. The molecule has 0 spiro atoms. The van der Waals surface area contributed by atoms with Crippen molar-refractivity contribution in [3.63, 3.8) is 0 Å². The van der Waals surface area contributed by atoms with Crippen LogP contribution in [-0.4, -0.2) is 37.9 Å². The molecule has 0 bridgehead atoms. The molecule has 1 N–H and O–H groups in total. The van der Waals surface area contributed by atoms with Gasteiger partial charge in [0.05, 0.1) is 19.1 Å². The second-order valence-electron chi connectivity index (χ2n) is 6.95. The predicted octanol–water partition coefficient (Wildman–Crippen LogP) is 4.32. The molecule has 134 valence electrons. The SMILES string of the molecule is CCCCCC.CNC(C)(C)CCOC(C)(C)CC(=O)OC. The zero-order valence-electron chi connectivity index (χ0n) is 16.2. The van der Waals surface area contributed by atoms with Gasteiger partial charge in [-0.1, -0.05) is 39.5 Å². The van der Waals surface area contributed by atoms with Gasteiger partial charge in [-0.05, 0) is 41.2 Å². The Balaban J connectivity index is 0. The molecule has 0 unspecified atom stereocenters. The van der Waals surface area contributed by atoms with E-state index in [-0.39, 0.29) is 17.9 Å². The van der Waals surface area contributed by atoms with Crippen LogP contribution in [0.5, 0.6) is 0 Å². The zero-order chi connectivity index (χ0) is 17.6. The standard InChI is InChI=1S/C12H25NO3.C6H14/c1-11(2,13-5)7-8-16-12(3,4)9-10(14)15-6;1-3-5-6-4-2/h13H,7-9H2,1-6H3;3-6H2,1-2H3. The van der Waals surface area contributed by atoms with E-state index in [0.29, 0.717) is 6.61 Å². The fourth-order valence-corrected chi connectivity index (χ4v) is 1.68. The molecule has 0 atom stereocenters. The van der Waals surface area contributed by atoms with E-state index in [2.05, 4.69) is 37.7 Å². The third kappa shape index (κ3) is 15.8. The van der Waals surface area contributed by atoms with E-state index in [0.717, 1.165) is 6.42 Å². The fraction of sp³-hybridized carbons (Fsp3) is 0.944. The predicted molar refractivity (Wildman–Crippen MR) is 94.2 cm³/mol. The number of methoxy groups -OCH3 is 1. The Kier molecular flexibility index (Phi) is 13.9. The van der Waals surface area contributed by atoms with Crippen molar-refractivity contribution >= 4 is 5.97 Å². The van der Waals surface area contributed by atoms with Crippen LogP contribution in [0.1, 0.15) is 80.1 Å². The van der Waals surface area contributed by atoms with Crippen molar-refractivity contribution in [3.8, 4) is 0 Å². The number of ether oxygens (including phenoxy) is 2. The second kappa shape index (κ2) is 12.9. The number of carbonyl (C=O) groups is 1. The molecule has 0 saturated heterocycles. The van der Waals surface area contributed by atoms with Crippen LogP contribution in [-0.2, 0) is 14.3 Å². The highest BCUT2D eigenvalue weighted by atomic mass is 16.5. The molecule has 0 heterocycles. The van der Waals surface area contributed by atoms with Crippen molar-refractivity contribution in [1.29, 1.82) is 0 Å². The van der Waals surface area contributed by atoms with Gasteiger partial charge >= 0.3 is 5.97 Å². The van der Waals surface area contributed by atoms with Crippen LogP contribution in [0.25, 0.3) is 0 Å². The van der Waals surface area contributed by atoms with Crippen molar-refractivity contribution in [1.82, 2.24) is 5.32 Å². The maximum absolute atomic E-state index is 11.1. The first-order valence-corrected chi connectivity index (χ1v) is 8.53. The van der Waals surface area contributed by atoms with Gasteiger partial charge in [-0.25, -0.2) is 0 Å². The summed E-state index contributed by atoms with van der Waals surface area (Å²) in [6.07, 6.45) is 6.71. The lowest BCUT2D eigenvalue weighted by Gasteiger charge is -2.28. The lowest BCUT2D eigenvalue weighted by Crippen LogP contribution is -2.39. The first kappa shape index (κ1) is 23.7. The van der Waals surface area contributed by atoms with Crippen LogP contribution in [0.4, 0.5) is 0 Å². The van der Waals surface area contributed by atoms with Gasteiger partial charge in [-0.15, -0.1) is 0 Å². The lowest BCUT2D eigenvalue weighted by molar-refractivity contribution is -0.147. The Hall–Kier alpha value is -0.610. The zero-order valence-corrected chi connectivity index (χ0v) is 16.2. The molecule has 0 aliphatic heterocycles. The molecule has 22 heavy (non-hydrogen) atoms. The van der Waals surface area contributed by atoms with E-state index in [9.17, 15) is 4.79 Å². The third-order valence-electron chi connectivity index (χ3n) is 3.65. The van der Waals surface area contributed by atoms with E-state index < -0.39 is 5.60 Å². The highest BCUT2D eigenvalue weighted by Crippen LogP contribution is 2.17. The van der Waals surface area contributed by atoms with Crippen LogP contribution in [0.15, 0.2) is 0 Å². The molecule has 0 aliphatic rings. The van der Waals surface area contributed by atoms with Crippen LogP contribution in [0.2, 0.25) is 0 Å². The molecular formula is C18H39NO3. The third-order valence-corrected chi connectivity index (χ3v) is 3.65. The number of hydrogen-bond donors (Lipinski definition) is 1. The summed E-state index contributed by atoms with van der Waals surface area (Å²) < 4.78 is 10.3. The largest absolute Gasteiger partial charge is 0.469 e. The molecule has 0 aromatic rings. The van der Waals surface area contributed by atoms with Crippen molar-refractivity contribution in [3.05, 3.63) is 0 Å². The average Bonchev–Trinajstić information content (AvgIpc) is 2.44. The minimum absolute atomic E-state index is 0.0569. The quantitative estimate of drug-likeness (QED) is 0.481. The topological polar surface area (TPSA) is 47.6 Å². The number of hydrogen-bond acceptors (Lipinski definition) is 4. The lowest BCUT2D eigenvalue weighted by atomic mass is 10.0. The molecule has 0 rings (SSSR count). The number of carbonyl (C=O) groups excluding carboxylic acids is 1. The molecule has 0 aromatic carbocycles. The van der Waals surface area contributed by atoms with Crippen LogP contribution in [0, 0.1) is 0 Å². The minimum atomic E-state index is -0.461. The molecule has 0 aromatic heterocycles. The summed E-state index contributed by atoms with van der Waals surface area (Å²) >= 11 is 0. The molecule has 0 aliphatic carbocycles. The number of unbranched alkanes of at least 4 members (excludes halogenated alkanes) is 3. The van der Waals surface area contributed by atoms with Gasteiger partial charge in [0.2, 0.25) is 0 Å². The van der Waals surface area contributed by atoms with E-state index in [1.807, 2.05) is 20.9 Å². The smallest absolute Gasteiger partial charge is 0.308 e. The van der Waals surface area contributed by atoms with Crippen molar-refractivity contribution < 1.29 is 14.3 Å². The summed E-state index contributed by atoms with van der Waals surface area (Å²) in [4.78, 5) is 11.1. The molecule has 4 nitrogen and oxygen atoms in total. The van der Waals surface area contributed by atoms with E-state index >= 15 is 0 Å². The summed E-state index contributed by atoms with van der Waals surface area (Å²) in [6.45, 7) is 13.1. The van der Waals surface area contributed by atoms with Gasteiger partial charge in [0.1, 0.15) is 0 Å².